The molecule has 0 unspecified atom stereocenters. The van der Waals surface area contributed by atoms with Crippen LogP contribution in [-0.4, -0.2) is 0 Å². The minimum Gasteiger partial charge on any atom is -0.195 e. The van der Waals surface area contributed by atoms with Gasteiger partial charge >= 0.3 is 0 Å². The molecule has 0 N–H and O–H groups in total. The van der Waals surface area contributed by atoms with Crippen LogP contribution in [0.25, 0.3) is 0 Å². The third kappa shape index (κ3) is 7.90. The molecule has 1 nitrogen and oxygen atoms in total. The fraction of sp³-hybridized carbons (Fsp3) is 0.708. The van der Waals surface area contributed by atoms with Crippen molar-refractivity contribution in [1.29, 1.82) is 5.26 Å². The molecule has 0 bridgehead atoms. The lowest BCUT2D eigenvalue weighted by molar-refractivity contribution is 0.286. The maximum atomic E-state index is 12.7. The van der Waals surface area contributed by atoms with Crippen LogP contribution in [0.2, 0.25) is 0 Å². The lowest BCUT2D eigenvalue weighted by Gasteiger charge is -2.28. The van der Waals surface area contributed by atoms with Gasteiger partial charge < -0.3 is 0 Å². The zero-order chi connectivity index (χ0) is 18.6. The van der Waals surface area contributed by atoms with Gasteiger partial charge in [-0.05, 0) is 94.0 Å². The van der Waals surface area contributed by atoms with E-state index in [0.717, 1.165) is 30.1 Å². The van der Waals surface area contributed by atoms with Gasteiger partial charge in [-0.1, -0.05) is 44.1 Å². The number of allylic oxidation sites excluding steroid dienone is 6. The van der Waals surface area contributed by atoms with E-state index in [4.69, 9.17) is 5.26 Å². The van der Waals surface area contributed by atoms with Gasteiger partial charge in [0.25, 0.3) is 0 Å². The van der Waals surface area contributed by atoms with E-state index in [9.17, 15) is 4.39 Å². The summed E-state index contributed by atoms with van der Waals surface area (Å²) in [6.45, 7) is 2.31. The quantitative estimate of drug-likeness (QED) is 0.248. The van der Waals surface area contributed by atoms with Gasteiger partial charge in [-0.25, -0.2) is 0 Å². The van der Waals surface area contributed by atoms with Crippen LogP contribution >= 0.6 is 0 Å². The molecule has 0 amide bonds. The molecule has 0 aromatic heterocycles. The maximum Gasteiger partial charge on any atom is 0.199 e. The molecule has 2 heteroatoms. The summed E-state index contributed by atoms with van der Waals surface area (Å²) in [5.74, 6) is 2.74. The predicted octanol–water partition coefficient (Wildman–Crippen LogP) is 7.67. The molecule has 2 aliphatic carbocycles. The van der Waals surface area contributed by atoms with Crippen molar-refractivity contribution in [3.05, 3.63) is 36.2 Å². The molecule has 2 saturated carbocycles. The summed E-state index contributed by atoms with van der Waals surface area (Å²) in [4.78, 5) is 0. The van der Waals surface area contributed by atoms with Crippen molar-refractivity contribution in [2.45, 2.75) is 84.0 Å². The monoisotopic (exact) mass is 357 g/mol. The first kappa shape index (κ1) is 20.9. The second-order valence-electron chi connectivity index (χ2n) is 8.37. The Morgan fingerprint density at radius 1 is 0.923 bits per heavy atom. The van der Waals surface area contributed by atoms with Gasteiger partial charge in [0.15, 0.2) is 5.83 Å². The van der Waals surface area contributed by atoms with Crippen LogP contribution in [0.3, 0.4) is 0 Å². The molecule has 2 rings (SSSR count). The molecular weight excluding hydrogens is 321 g/mol. The lowest BCUT2D eigenvalue weighted by Crippen LogP contribution is -2.15. The molecule has 26 heavy (non-hydrogen) atoms. The molecule has 0 radical (unpaired) electrons. The van der Waals surface area contributed by atoms with E-state index in [0.29, 0.717) is 0 Å². The standard InChI is InChI=1S/C24H36FN/c1-2-6-20-9-13-22(14-10-20)17-18-23-15-11-21(12-16-23)7-4-3-5-8-24(25)19-26/h3,5,8,17-18,20-23H,2,4,6-7,9-16H2,1H3/b5-3?,18-17+,24-8?/t20-,21?,22-,23?. The summed E-state index contributed by atoms with van der Waals surface area (Å²) in [5, 5.41) is 8.35. The number of nitrogens with zero attached hydrogens (tertiary/aromatic N) is 1. The van der Waals surface area contributed by atoms with Gasteiger partial charge in [-0.2, -0.15) is 9.65 Å². The minimum absolute atomic E-state index is 0.715. The van der Waals surface area contributed by atoms with Gasteiger partial charge in [0.05, 0.1) is 0 Å². The number of halogens is 1. The molecule has 0 aromatic carbocycles. The van der Waals surface area contributed by atoms with Gasteiger partial charge in [-0.15, -0.1) is 0 Å². The normalized spacial score (nSPS) is 30.7. The zero-order valence-corrected chi connectivity index (χ0v) is 16.5. The van der Waals surface area contributed by atoms with Crippen LogP contribution < -0.4 is 0 Å². The van der Waals surface area contributed by atoms with Crippen molar-refractivity contribution in [1.82, 2.24) is 0 Å². The highest BCUT2D eigenvalue weighted by Crippen LogP contribution is 2.35. The smallest absolute Gasteiger partial charge is 0.195 e. The lowest BCUT2D eigenvalue weighted by atomic mass is 9.77. The van der Waals surface area contributed by atoms with Gasteiger partial charge in [0.1, 0.15) is 6.07 Å². The summed E-state index contributed by atoms with van der Waals surface area (Å²) >= 11 is 0. The summed E-state index contributed by atoms with van der Waals surface area (Å²) < 4.78 is 12.7. The molecule has 0 aliphatic heterocycles. The van der Waals surface area contributed by atoms with E-state index in [1.54, 1.807) is 6.08 Å². The predicted molar refractivity (Wildman–Crippen MR) is 108 cm³/mol. The van der Waals surface area contributed by atoms with Gasteiger partial charge in [0.2, 0.25) is 0 Å². The van der Waals surface area contributed by atoms with Crippen LogP contribution in [0.5, 0.6) is 0 Å². The molecule has 144 valence electrons. The Balaban J connectivity index is 1.59. The summed E-state index contributed by atoms with van der Waals surface area (Å²) in [5.41, 5.74) is 0. The average Bonchev–Trinajstić information content (AvgIpc) is 2.68. The second kappa shape index (κ2) is 12.1. The van der Waals surface area contributed by atoms with E-state index in [-0.39, 0.29) is 0 Å². The first-order chi connectivity index (χ1) is 12.7. The van der Waals surface area contributed by atoms with E-state index >= 15 is 0 Å². The molecular formula is C24H36FN. The molecule has 0 atom stereocenters. The average molecular weight is 358 g/mol. The largest absolute Gasteiger partial charge is 0.199 e. The van der Waals surface area contributed by atoms with E-state index < -0.39 is 5.83 Å². The van der Waals surface area contributed by atoms with Crippen molar-refractivity contribution >= 4 is 0 Å². The SMILES string of the molecule is CCC[C@H]1CC[C@H](/C=C/C2CCC(CCC=CC=C(F)C#N)CC2)CC1. The van der Waals surface area contributed by atoms with E-state index in [2.05, 4.69) is 19.1 Å². The van der Waals surface area contributed by atoms with Crippen molar-refractivity contribution in [3.63, 3.8) is 0 Å². The van der Waals surface area contributed by atoms with Crippen LogP contribution in [0.1, 0.15) is 84.0 Å². The first-order valence-corrected chi connectivity index (χ1v) is 10.8. The number of nitriles is 1. The van der Waals surface area contributed by atoms with Crippen molar-refractivity contribution in [2.75, 3.05) is 0 Å². The van der Waals surface area contributed by atoms with Gasteiger partial charge in [-0.3, -0.25) is 0 Å². The fourth-order valence-corrected chi connectivity index (χ4v) is 4.68. The Kier molecular flexibility index (Phi) is 9.75. The molecule has 2 aliphatic rings. The fourth-order valence-electron chi connectivity index (χ4n) is 4.68. The zero-order valence-electron chi connectivity index (χ0n) is 16.5. The Morgan fingerprint density at radius 3 is 1.96 bits per heavy atom. The molecule has 0 saturated heterocycles. The number of hydrogen-bond acceptors (Lipinski definition) is 1. The first-order valence-electron chi connectivity index (χ1n) is 10.8. The topological polar surface area (TPSA) is 23.8 Å². The summed E-state index contributed by atoms with van der Waals surface area (Å²) in [7, 11) is 0. The minimum atomic E-state index is -0.715. The van der Waals surface area contributed by atoms with Crippen LogP contribution in [0.15, 0.2) is 36.2 Å². The Morgan fingerprint density at radius 2 is 1.46 bits per heavy atom. The maximum absolute atomic E-state index is 12.7. The Bertz CT molecular complexity index is 509. The molecule has 0 spiro atoms. The van der Waals surface area contributed by atoms with E-state index in [1.165, 1.54) is 82.8 Å². The Hall–Kier alpha value is -1.36. The molecule has 2 fully saturated rings. The third-order valence-electron chi connectivity index (χ3n) is 6.36. The van der Waals surface area contributed by atoms with Crippen LogP contribution in [-0.2, 0) is 0 Å². The van der Waals surface area contributed by atoms with E-state index in [1.807, 2.05) is 6.08 Å². The Labute approximate surface area is 160 Å². The second-order valence-corrected chi connectivity index (χ2v) is 8.37. The third-order valence-corrected chi connectivity index (χ3v) is 6.36. The summed E-state index contributed by atoms with van der Waals surface area (Å²) in [6.07, 6.45) is 26.0. The molecule has 0 heterocycles. The van der Waals surface area contributed by atoms with Crippen LogP contribution in [0.4, 0.5) is 4.39 Å². The highest BCUT2D eigenvalue weighted by molar-refractivity contribution is 5.18. The van der Waals surface area contributed by atoms with Crippen molar-refractivity contribution in [3.8, 4) is 6.07 Å². The van der Waals surface area contributed by atoms with Gasteiger partial charge in [0, 0.05) is 0 Å². The highest BCUT2D eigenvalue weighted by Gasteiger charge is 2.21. The highest BCUT2D eigenvalue weighted by atomic mass is 19.1. The number of hydrogen-bond donors (Lipinski definition) is 0. The van der Waals surface area contributed by atoms with Crippen LogP contribution in [0, 0.1) is 35.0 Å². The van der Waals surface area contributed by atoms with Crippen molar-refractivity contribution in [2.24, 2.45) is 23.7 Å². The summed E-state index contributed by atoms with van der Waals surface area (Å²) in [6, 6.07) is 1.49. The number of rotatable bonds is 8. The van der Waals surface area contributed by atoms with Crippen molar-refractivity contribution < 1.29 is 4.39 Å². The molecule has 0 aromatic rings.